The van der Waals surface area contributed by atoms with Gasteiger partial charge in [-0.2, -0.15) is 0 Å². The molecule has 0 aliphatic carbocycles. The summed E-state index contributed by atoms with van der Waals surface area (Å²) >= 11 is 0. The molecule has 2 aliphatic heterocycles. The molecule has 7 heteroatoms. The van der Waals surface area contributed by atoms with Crippen molar-refractivity contribution in [2.45, 2.75) is 6.54 Å². The third kappa shape index (κ3) is 4.00. The Kier molecular flexibility index (Phi) is 4.96. The molecule has 25 heavy (non-hydrogen) atoms. The number of ether oxygens (including phenoxy) is 1. The summed E-state index contributed by atoms with van der Waals surface area (Å²) in [5.41, 5.74) is 2.11. The van der Waals surface area contributed by atoms with E-state index < -0.39 is 0 Å². The number of nitrogens with zero attached hydrogens (tertiary/aromatic N) is 4. The van der Waals surface area contributed by atoms with Gasteiger partial charge in [-0.1, -0.05) is 12.1 Å². The second kappa shape index (κ2) is 7.51. The second-order valence-corrected chi connectivity index (χ2v) is 6.75. The van der Waals surface area contributed by atoms with Crippen LogP contribution in [0.3, 0.4) is 0 Å². The van der Waals surface area contributed by atoms with Gasteiger partial charge < -0.3 is 14.6 Å². The lowest BCUT2D eigenvalue weighted by atomic mass is 10.3. The van der Waals surface area contributed by atoms with Crippen LogP contribution >= 0.6 is 0 Å². The summed E-state index contributed by atoms with van der Waals surface area (Å²) in [6, 6.07) is 8.12. The Morgan fingerprint density at radius 2 is 1.76 bits per heavy atom. The van der Waals surface area contributed by atoms with E-state index in [0.29, 0.717) is 19.8 Å². The Bertz CT molecular complexity index is 684. The van der Waals surface area contributed by atoms with E-state index >= 15 is 0 Å². The minimum absolute atomic E-state index is 0.231. The van der Waals surface area contributed by atoms with Gasteiger partial charge in [-0.15, -0.1) is 0 Å². The third-order valence-corrected chi connectivity index (χ3v) is 5.00. The van der Waals surface area contributed by atoms with Gasteiger partial charge in [0, 0.05) is 39.3 Å². The zero-order valence-corrected chi connectivity index (χ0v) is 14.5. The minimum Gasteiger partial charge on any atom is -0.378 e. The molecule has 2 fully saturated rings. The van der Waals surface area contributed by atoms with Gasteiger partial charge in [0.05, 0.1) is 37.3 Å². The molecule has 1 N–H and O–H groups in total. The highest BCUT2D eigenvalue weighted by Gasteiger charge is 2.23. The van der Waals surface area contributed by atoms with E-state index in [1.807, 2.05) is 23.1 Å². The summed E-state index contributed by atoms with van der Waals surface area (Å²) < 4.78 is 5.31. The molecule has 3 heterocycles. The number of carbonyl (C=O) groups is 1. The Morgan fingerprint density at radius 3 is 2.52 bits per heavy atom. The normalized spacial score (nSPS) is 20.2. The highest BCUT2D eigenvalue weighted by Crippen LogP contribution is 2.13. The number of H-pyrrole nitrogens is 1. The molecule has 4 rings (SSSR count). The van der Waals surface area contributed by atoms with Gasteiger partial charge in [0.15, 0.2) is 0 Å². The lowest BCUT2D eigenvalue weighted by Gasteiger charge is -2.35. The van der Waals surface area contributed by atoms with Gasteiger partial charge >= 0.3 is 0 Å². The maximum absolute atomic E-state index is 12.3. The number of benzene rings is 1. The van der Waals surface area contributed by atoms with Crippen molar-refractivity contribution in [3.05, 3.63) is 30.1 Å². The van der Waals surface area contributed by atoms with Crippen LogP contribution in [-0.4, -0.2) is 89.6 Å². The molecule has 2 saturated heterocycles. The quantitative estimate of drug-likeness (QED) is 0.878. The Labute approximate surface area is 147 Å². The lowest BCUT2D eigenvalue weighted by molar-refractivity contribution is -0.136. The number of amides is 1. The summed E-state index contributed by atoms with van der Waals surface area (Å²) in [7, 11) is 0. The van der Waals surface area contributed by atoms with Gasteiger partial charge in [-0.05, 0) is 12.1 Å². The molecule has 0 unspecified atom stereocenters. The van der Waals surface area contributed by atoms with E-state index in [1.165, 1.54) is 0 Å². The largest absolute Gasteiger partial charge is 0.378 e. The van der Waals surface area contributed by atoms with Gasteiger partial charge in [0.1, 0.15) is 5.82 Å². The van der Waals surface area contributed by atoms with Crippen molar-refractivity contribution in [3.63, 3.8) is 0 Å². The summed E-state index contributed by atoms with van der Waals surface area (Å²) in [5.74, 6) is 1.24. The number of piperazine rings is 1. The number of rotatable bonds is 4. The molecule has 2 aliphatic rings. The Hall–Kier alpha value is -1.96. The minimum atomic E-state index is 0.231. The summed E-state index contributed by atoms with van der Waals surface area (Å²) in [4.78, 5) is 27.0. The van der Waals surface area contributed by atoms with Crippen LogP contribution in [0.2, 0.25) is 0 Å². The van der Waals surface area contributed by atoms with Crippen LogP contribution in [0.25, 0.3) is 11.0 Å². The molecule has 0 saturated carbocycles. The number of fused-ring (bicyclic) bond motifs is 1. The van der Waals surface area contributed by atoms with E-state index in [0.717, 1.165) is 62.7 Å². The topological polar surface area (TPSA) is 64.7 Å². The van der Waals surface area contributed by atoms with Crippen molar-refractivity contribution < 1.29 is 9.53 Å². The van der Waals surface area contributed by atoms with Crippen molar-refractivity contribution in [2.75, 3.05) is 59.0 Å². The molecular formula is C18H25N5O2. The van der Waals surface area contributed by atoms with Crippen LogP contribution in [-0.2, 0) is 16.1 Å². The molecule has 1 aromatic heterocycles. The van der Waals surface area contributed by atoms with Crippen LogP contribution < -0.4 is 0 Å². The summed E-state index contributed by atoms with van der Waals surface area (Å²) in [5, 5.41) is 0. The molecule has 7 nitrogen and oxygen atoms in total. The standard InChI is InChI=1S/C18H25N5O2/c24-18(23-9-11-25-12-10-23)14-22-7-5-21(6-8-22)13-17-19-15-3-1-2-4-16(15)20-17/h1-4H,5-14H2,(H,19,20). The first-order valence-corrected chi connectivity index (χ1v) is 9.02. The van der Waals surface area contributed by atoms with Gasteiger partial charge in [0.2, 0.25) is 5.91 Å². The predicted octanol–water partition coefficient (Wildman–Crippen LogP) is 0.539. The fourth-order valence-electron chi connectivity index (χ4n) is 3.50. The smallest absolute Gasteiger partial charge is 0.236 e. The van der Waals surface area contributed by atoms with Gasteiger partial charge in [0.25, 0.3) is 0 Å². The molecule has 0 bridgehead atoms. The second-order valence-electron chi connectivity index (χ2n) is 6.75. The van der Waals surface area contributed by atoms with Crippen molar-refractivity contribution in [2.24, 2.45) is 0 Å². The number of carbonyl (C=O) groups excluding carboxylic acids is 1. The predicted molar refractivity (Wildman–Crippen MR) is 95.2 cm³/mol. The number of para-hydroxylation sites is 2. The molecule has 1 amide bonds. The monoisotopic (exact) mass is 343 g/mol. The molecule has 1 aromatic carbocycles. The zero-order valence-electron chi connectivity index (χ0n) is 14.5. The number of hydrogen-bond acceptors (Lipinski definition) is 5. The van der Waals surface area contributed by atoms with E-state index in [2.05, 4.69) is 25.8 Å². The first-order valence-electron chi connectivity index (χ1n) is 9.02. The number of aromatic nitrogens is 2. The molecule has 134 valence electrons. The van der Waals surface area contributed by atoms with Crippen LogP contribution in [0.1, 0.15) is 5.82 Å². The molecule has 0 atom stereocenters. The molecule has 2 aromatic rings. The number of aromatic amines is 1. The molecule has 0 spiro atoms. The molecular weight excluding hydrogens is 318 g/mol. The number of morpholine rings is 1. The van der Waals surface area contributed by atoms with Crippen LogP contribution in [0, 0.1) is 0 Å². The number of hydrogen-bond donors (Lipinski definition) is 1. The summed E-state index contributed by atoms with van der Waals surface area (Å²) in [6.45, 7) is 7.93. The maximum atomic E-state index is 12.3. The third-order valence-electron chi connectivity index (χ3n) is 5.00. The van der Waals surface area contributed by atoms with Crippen LogP contribution in [0.5, 0.6) is 0 Å². The van der Waals surface area contributed by atoms with Gasteiger partial charge in [-0.3, -0.25) is 14.6 Å². The van der Waals surface area contributed by atoms with E-state index in [-0.39, 0.29) is 5.91 Å². The zero-order chi connectivity index (χ0) is 17.1. The first-order chi connectivity index (χ1) is 12.3. The Balaban J connectivity index is 1.25. The first kappa shape index (κ1) is 16.5. The van der Waals surface area contributed by atoms with Crippen molar-refractivity contribution in [3.8, 4) is 0 Å². The molecule has 0 radical (unpaired) electrons. The fraction of sp³-hybridized carbons (Fsp3) is 0.556. The van der Waals surface area contributed by atoms with Gasteiger partial charge in [-0.25, -0.2) is 4.98 Å². The van der Waals surface area contributed by atoms with Crippen LogP contribution in [0.4, 0.5) is 0 Å². The Morgan fingerprint density at radius 1 is 1.04 bits per heavy atom. The lowest BCUT2D eigenvalue weighted by Crippen LogP contribution is -2.51. The highest BCUT2D eigenvalue weighted by molar-refractivity contribution is 5.78. The number of imidazole rings is 1. The van der Waals surface area contributed by atoms with E-state index in [9.17, 15) is 4.79 Å². The van der Waals surface area contributed by atoms with E-state index in [4.69, 9.17) is 4.74 Å². The highest BCUT2D eigenvalue weighted by atomic mass is 16.5. The number of nitrogens with one attached hydrogen (secondary N) is 1. The van der Waals surface area contributed by atoms with Crippen LogP contribution in [0.15, 0.2) is 24.3 Å². The van der Waals surface area contributed by atoms with Crippen molar-refractivity contribution >= 4 is 16.9 Å². The van der Waals surface area contributed by atoms with E-state index in [1.54, 1.807) is 0 Å². The SMILES string of the molecule is O=C(CN1CCN(Cc2nc3ccccc3[nH]2)CC1)N1CCOCC1. The average molecular weight is 343 g/mol. The fourth-order valence-corrected chi connectivity index (χ4v) is 3.50. The summed E-state index contributed by atoms with van der Waals surface area (Å²) in [6.07, 6.45) is 0. The maximum Gasteiger partial charge on any atom is 0.236 e. The average Bonchev–Trinajstić information content (AvgIpc) is 3.06. The van der Waals surface area contributed by atoms with Crippen molar-refractivity contribution in [1.82, 2.24) is 24.7 Å². The van der Waals surface area contributed by atoms with Crippen molar-refractivity contribution in [1.29, 1.82) is 0 Å².